The molecule has 0 bridgehead atoms. The maximum atomic E-state index is 12.0. The summed E-state index contributed by atoms with van der Waals surface area (Å²) in [4.78, 5) is 14.0. The van der Waals surface area contributed by atoms with E-state index in [0.717, 1.165) is 21.8 Å². The molecule has 1 aromatic heterocycles. The van der Waals surface area contributed by atoms with Gasteiger partial charge in [0.1, 0.15) is 5.82 Å². The molecule has 1 aromatic carbocycles. The van der Waals surface area contributed by atoms with E-state index in [9.17, 15) is 13.2 Å². The number of sulfonamides is 1. The number of anilines is 2. The van der Waals surface area contributed by atoms with Crippen LogP contribution in [0.1, 0.15) is 5.56 Å². The highest BCUT2D eigenvalue weighted by molar-refractivity contribution is 7.88. The van der Waals surface area contributed by atoms with E-state index in [1.807, 2.05) is 43.3 Å². The molecule has 0 saturated heterocycles. The summed E-state index contributed by atoms with van der Waals surface area (Å²) in [6, 6.07) is 9.70. The van der Waals surface area contributed by atoms with Crippen LogP contribution in [0, 0.1) is 0 Å². The number of carbonyl (C=O) groups excluding carboxylic acids is 1. The van der Waals surface area contributed by atoms with Gasteiger partial charge < -0.3 is 10.2 Å². The van der Waals surface area contributed by atoms with E-state index in [2.05, 4.69) is 10.4 Å². The van der Waals surface area contributed by atoms with Gasteiger partial charge in [0.2, 0.25) is 15.9 Å². The van der Waals surface area contributed by atoms with Crippen molar-refractivity contribution in [2.45, 2.75) is 6.54 Å². The number of benzene rings is 1. The quantitative estimate of drug-likeness (QED) is 0.785. The Morgan fingerprint density at radius 2 is 1.80 bits per heavy atom. The van der Waals surface area contributed by atoms with Crippen LogP contribution in [0.15, 0.2) is 36.5 Å². The van der Waals surface area contributed by atoms with Crippen LogP contribution in [0.25, 0.3) is 0 Å². The molecule has 0 saturated carbocycles. The van der Waals surface area contributed by atoms with Crippen molar-refractivity contribution in [3.05, 3.63) is 42.1 Å². The number of nitrogens with zero attached hydrogens (tertiary/aromatic N) is 4. The van der Waals surface area contributed by atoms with Gasteiger partial charge in [-0.1, -0.05) is 12.1 Å². The fourth-order valence-corrected chi connectivity index (χ4v) is 2.49. The van der Waals surface area contributed by atoms with Gasteiger partial charge in [0.25, 0.3) is 0 Å². The Bertz CT molecular complexity index is 828. The third kappa shape index (κ3) is 5.30. The van der Waals surface area contributed by atoms with E-state index in [0.29, 0.717) is 12.4 Å². The van der Waals surface area contributed by atoms with Crippen LogP contribution in [0.3, 0.4) is 0 Å². The van der Waals surface area contributed by atoms with Crippen LogP contribution in [0.2, 0.25) is 0 Å². The van der Waals surface area contributed by atoms with E-state index < -0.39 is 15.9 Å². The molecule has 1 heterocycles. The van der Waals surface area contributed by atoms with Crippen molar-refractivity contribution in [2.75, 3.05) is 44.2 Å². The van der Waals surface area contributed by atoms with Gasteiger partial charge in [0, 0.05) is 32.9 Å². The average Bonchev–Trinajstić information content (AvgIpc) is 2.93. The molecule has 2 aromatic rings. The molecule has 8 nitrogen and oxygen atoms in total. The molecule has 1 N–H and O–H groups in total. The number of rotatable bonds is 7. The molecule has 25 heavy (non-hydrogen) atoms. The molecule has 0 radical (unpaired) electrons. The zero-order chi connectivity index (χ0) is 18.6. The normalized spacial score (nSPS) is 11.6. The zero-order valence-corrected chi connectivity index (χ0v) is 15.6. The van der Waals surface area contributed by atoms with Crippen LogP contribution in [0.4, 0.5) is 11.5 Å². The van der Waals surface area contributed by atoms with Crippen molar-refractivity contribution in [3.8, 4) is 0 Å². The number of hydrogen-bond donors (Lipinski definition) is 1. The lowest BCUT2D eigenvalue weighted by Gasteiger charge is -2.15. The second-order valence-corrected chi connectivity index (χ2v) is 8.09. The van der Waals surface area contributed by atoms with Crippen molar-refractivity contribution >= 4 is 27.4 Å². The molecule has 2 rings (SSSR count). The first-order chi connectivity index (χ1) is 11.7. The van der Waals surface area contributed by atoms with Crippen molar-refractivity contribution in [1.82, 2.24) is 14.1 Å². The van der Waals surface area contributed by atoms with Crippen LogP contribution in [-0.4, -0.2) is 62.4 Å². The third-order valence-electron chi connectivity index (χ3n) is 3.70. The molecule has 0 unspecified atom stereocenters. The number of nitrogens with one attached hydrogen (secondary N) is 1. The smallest absolute Gasteiger partial charge is 0.240 e. The minimum absolute atomic E-state index is 0.248. The van der Waals surface area contributed by atoms with Crippen LogP contribution >= 0.6 is 0 Å². The molecule has 0 spiro atoms. The van der Waals surface area contributed by atoms with E-state index in [4.69, 9.17) is 0 Å². The summed E-state index contributed by atoms with van der Waals surface area (Å²) in [6.07, 6.45) is 2.64. The van der Waals surface area contributed by atoms with Crippen molar-refractivity contribution in [1.29, 1.82) is 0 Å². The van der Waals surface area contributed by atoms with E-state index >= 15 is 0 Å². The van der Waals surface area contributed by atoms with Gasteiger partial charge >= 0.3 is 0 Å². The fraction of sp³-hybridized carbons (Fsp3) is 0.375. The minimum atomic E-state index is -3.40. The first-order valence-corrected chi connectivity index (χ1v) is 9.51. The van der Waals surface area contributed by atoms with Gasteiger partial charge in [-0.25, -0.2) is 13.1 Å². The van der Waals surface area contributed by atoms with Crippen LogP contribution < -0.4 is 10.2 Å². The number of aromatic nitrogens is 2. The van der Waals surface area contributed by atoms with Gasteiger partial charge in [-0.15, -0.1) is 0 Å². The Morgan fingerprint density at radius 1 is 1.16 bits per heavy atom. The first-order valence-electron chi connectivity index (χ1n) is 7.66. The van der Waals surface area contributed by atoms with Crippen LogP contribution in [-0.2, 0) is 21.4 Å². The molecule has 1 amide bonds. The van der Waals surface area contributed by atoms with Crippen molar-refractivity contribution in [2.24, 2.45) is 0 Å². The molecule has 0 aliphatic carbocycles. The van der Waals surface area contributed by atoms with Crippen molar-refractivity contribution < 1.29 is 13.2 Å². The molecule has 0 aliphatic rings. The second-order valence-electron chi connectivity index (χ2n) is 6.00. The monoisotopic (exact) mass is 365 g/mol. The molecule has 0 aliphatic heterocycles. The number of carbonyl (C=O) groups is 1. The summed E-state index contributed by atoms with van der Waals surface area (Å²) >= 11 is 0. The first kappa shape index (κ1) is 18.9. The summed E-state index contributed by atoms with van der Waals surface area (Å²) in [5.74, 6) is 0.0983. The maximum Gasteiger partial charge on any atom is 0.240 e. The Balaban J connectivity index is 2.03. The number of hydrogen-bond acceptors (Lipinski definition) is 5. The van der Waals surface area contributed by atoms with Gasteiger partial charge in [0.05, 0.1) is 25.5 Å². The zero-order valence-electron chi connectivity index (χ0n) is 14.8. The summed E-state index contributed by atoms with van der Waals surface area (Å²) in [5, 5.41) is 6.90. The van der Waals surface area contributed by atoms with Crippen LogP contribution in [0.5, 0.6) is 0 Å². The van der Waals surface area contributed by atoms with Gasteiger partial charge in [-0.05, 0) is 17.7 Å². The SMILES string of the molecule is CN(C)c1ccc(Cn2nccc2NC(=O)CN(C)S(C)(=O)=O)cc1. The lowest BCUT2D eigenvalue weighted by molar-refractivity contribution is -0.116. The summed E-state index contributed by atoms with van der Waals surface area (Å²) in [6.45, 7) is 0.250. The Labute approximate surface area is 148 Å². The Morgan fingerprint density at radius 3 is 2.36 bits per heavy atom. The standard InChI is InChI=1S/C16H23N5O3S/c1-19(2)14-7-5-13(6-8-14)11-21-15(9-10-17-21)18-16(22)12-20(3)25(4,23)24/h5-10H,11-12H2,1-4H3,(H,18,22). The lowest BCUT2D eigenvalue weighted by Crippen LogP contribution is -2.34. The third-order valence-corrected chi connectivity index (χ3v) is 4.96. The summed E-state index contributed by atoms with van der Waals surface area (Å²) in [5.41, 5.74) is 2.14. The summed E-state index contributed by atoms with van der Waals surface area (Å²) in [7, 11) is 1.91. The highest BCUT2D eigenvalue weighted by Gasteiger charge is 2.16. The molecule has 136 valence electrons. The largest absolute Gasteiger partial charge is 0.378 e. The van der Waals surface area contributed by atoms with Gasteiger partial charge in [0.15, 0.2) is 0 Å². The highest BCUT2D eigenvalue weighted by Crippen LogP contribution is 2.15. The Hall–Kier alpha value is -2.39. The topological polar surface area (TPSA) is 87.5 Å². The summed E-state index contributed by atoms with van der Waals surface area (Å²) < 4.78 is 25.4. The molecular formula is C16H23N5O3S. The minimum Gasteiger partial charge on any atom is -0.378 e. The average molecular weight is 365 g/mol. The number of amides is 1. The molecule has 0 atom stereocenters. The fourth-order valence-electron chi connectivity index (χ4n) is 2.14. The highest BCUT2D eigenvalue weighted by atomic mass is 32.2. The second kappa shape index (κ2) is 7.66. The molecular weight excluding hydrogens is 342 g/mol. The lowest BCUT2D eigenvalue weighted by atomic mass is 10.2. The molecule has 0 fully saturated rings. The maximum absolute atomic E-state index is 12.0. The molecule has 9 heteroatoms. The van der Waals surface area contributed by atoms with E-state index in [1.54, 1.807) is 16.9 Å². The van der Waals surface area contributed by atoms with Crippen molar-refractivity contribution in [3.63, 3.8) is 0 Å². The van der Waals surface area contributed by atoms with Gasteiger partial charge in [-0.3, -0.25) is 4.79 Å². The van der Waals surface area contributed by atoms with E-state index in [1.165, 1.54) is 7.05 Å². The Kier molecular flexibility index (Phi) is 5.81. The number of likely N-dealkylation sites (N-methyl/N-ethyl adjacent to an activating group) is 1. The van der Waals surface area contributed by atoms with E-state index in [-0.39, 0.29) is 6.54 Å². The predicted octanol–water partition coefficient (Wildman–Crippen LogP) is 0.827. The van der Waals surface area contributed by atoms with Gasteiger partial charge in [-0.2, -0.15) is 9.40 Å². The predicted molar refractivity (Wildman–Crippen MR) is 98.2 cm³/mol.